The zero-order chi connectivity index (χ0) is 18.7. The van der Waals surface area contributed by atoms with Gasteiger partial charge in [-0.05, 0) is 30.7 Å². The molecule has 1 N–H and O–H groups in total. The molecule has 0 aliphatic carbocycles. The molecule has 0 saturated carbocycles. The van der Waals surface area contributed by atoms with Gasteiger partial charge in [0.15, 0.2) is 5.69 Å². The smallest absolute Gasteiger partial charge is 0.276 e. The summed E-state index contributed by atoms with van der Waals surface area (Å²) in [5.74, 6) is -1.06. The lowest BCUT2D eigenvalue weighted by Gasteiger charge is -2.11. The number of aryl methyl sites for hydroxylation is 1. The van der Waals surface area contributed by atoms with Crippen LogP contribution in [-0.2, 0) is 6.54 Å². The number of aromatic nitrogens is 2. The highest BCUT2D eigenvalue weighted by atomic mass is 35.5. The van der Waals surface area contributed by atoms with Crippen molar-refractivity contribution in [3.8, 4) is 0 Å². The Hall–Kier alpha value is -2.73. The van der Waals surface area contributed by atoms with Crippen LogP contribution in [0.25, 0.3) is 10.8 Å². The standard InChI is InChI=1S/C19H17ClFN3O2/c1-2-3-10-24-19(26)14-7-5-4-6-13(14)17(23-24)18(25)22-12-8-9-16(21)15(20)11-12/h4-9,11H,2-3,10H2,1H3,(H,22,25). The van der Waals surface area contributed by atoms with Gasteiger partial charge in [0, 0.05) is 17.6 Å². The maximum Gasteiger partial charge on any atom is 0.276 e. The number of unbranched alkanes of at least 4 members (excludes halogenated alkanes) is 1. The third kappa shape index (κ3) is 3.60. The van der Waals surface area contributed by atoms with Gasteiger partial charge in [0.05, 0.1) is 10.4 Å². The van der Waals surface area contributed by atoms with Crippen molar-refractivity contribution in [3.05, 3.63) is 69.4 Å². The Morgan fingerprint density at radius 2 is 1.96 bits per heavy atom. The van der Waals surface area contributed by atoms with E-state index in [-0.39, 0.29) is 16.3 Å². The molecular weight excluding hydrogens is 357 g/mol. The molecule has 5 nitrogen and oxygen atoms in total. The summed E-state index contributed by atoms with van der Waals surface area (Å²) < 4.78 is 14.6. The molecule has 7 heteroatoms. The number of hydrogen-bond acceptors (Lipinski definition) is 3. The number of fused-ring (bicyclic) bond motifs is 1. The Bertz CT molecular complexity index is 1030. The van der Waals surface area contributed by atoms with Crippen molar-refractivity contribution in [3.63, 3.8) is 0 Å². The Morgan fingerprint density at radius 1 is 1.23 bits per heavy atom. The predicted octanol–water partition coefficient (Wildman–Crippen LogP) is 4.24. The van der Waals surface area contributed by atoms with Crippen molar-refractivity contribution < 1.29 is 9.18 Å². The second kappa shape index (κ2) is 7.66. The molecule has 0 bridgehead atoms. The molecule has 3 aromatic rings. The van der Waals surface area contributed by atoms with Crippen LogP contribution in [0.3, 0.4) is 0 Å². The molecule has 3 rings (SSSR count). The van der Waals surface area contributed by atoms with Crippen molar-refractivity contribution in [1.82, 2.24) is 9.78 Å². The first kappa shape index (κ1) is 18.1. The van der Waals surface area contributed by atoms with Crippen molar-refractivity contribution >= 4 is 34.0 Å². The molecule has 0 aliphatic heterocycles. The van der Waals surface area contributed by atoms with Crippen LogP contribution in [0, 0.1) is 5.82 Å². The number of benzene rings is 2. The first-order valence-electron chi connectivity index (χ1n) is 8.27. The van der Waals surface area contributed by atoms with Gasteiger partial charge in [-0.25, -0.2) is 9.07 Å². The van der Waals surface area contributed by atoms with Gasteiger partial charge in [-0.2, -0.15) is 5.10 Å². The fourth-order valence-electron chi connectivity index (χ4n) is 2.63. The van der Waals surface area contributed by atoms with Crippen LogP contribution in [0.4, 0.5) is 10.1 Å². The first-order valence-corrected chi connectivity index (χ1v) is 8.65. The van der Waals surface area contributed by atoms with E-state index in [0.29, 0.717) is 23.0 Å². The summed E-state index contributed by atoms with van der Waals surface area (Å²) in [7, 11) is 0. The van der Waals surface area contributed by atoms with E-state index in [1.54, 1.807) is 24.3 Å². The number of rotatable bonds is 5. The van der Waals surface area contributed by atoms with Gasteiger partial charge in [0.1, 0.15) is 5.82 Å². The number of halogens is 2. The summed E-state index contributed by atoms with van der Waals surface area (Å²) in [6, 6.07) is 10.7. The van der Waals surface area contributed by atoms with Gasteiger partial charge in [-0.15, -0.1) is 0 Å². The average Bonchev–Trinajstić information content (AvgIpc) is 2.64. The highest BCUT2D eigenvalue weighted by Crippen LogP contribution is 2.21. The number of nitrogens with one attached hydrogen (secondary N) is 1. The van der Waals surface area contributed by atoms with Crippen LogP contribution in [-0.4, -0.2) is 15.7 Å². The molecule has 1 aromatic heterocycles. The molecule has 1 heterocycles. The molecule has 0 radical (unpaired) electrons. The highest BCUT2D eigenvalue weighted by molar-refractivity contribution is 6.31. The summed E-state index contributed by atoms with van der Waals surface area (Å²) in [5, 5.41) is 7.72. The predicted molar refractivity (Wildman–Crippen MR) is 100 cm³/mol. The van der Waals surface area contributed by atoms with Gasteiger partial charge in [-0.3, -0.25) is 9.59 Å². The maximum atomic E-state index is 13.3. The molecule has 0 spiro atoms. The average molecular weight is 374 g/mol. The van der Waals surface area contributed by atoms with Crippen molar-refractivity contribution in [2.45, 2.75) is 26.3 Å². The second-order valence-corrected chi connectivity index (χ2v) is 6.27. The molecule has 134 valence electrons. The van der Waals surface area contributed by atoms with Gasteiger partial charge >= 0.3 is 0 Å². The number of hydrogen-bond donors (Lipinski definition) is 1. The minimum Gasteiger partial charge on any atom is -0.321 e. The number of anilines is 1. The third-order valence-corrected chi connectivity index (χ3v) is 4.27. The van der Waals surface area contributed by atoms with Crippen LogP contribution < -0.4 is 10.9 Å². The van der Waals surface area contributed by atoms with Gasteiger partial charge in [0.2, 0.25) is 0 Å². The summed E-state index contributed by atoms with van der Waals surface area (Å²) in [5.41, 5.74) is 0.255. The van der Waals surface area contributed by atoms with E-state index in [0.717, 1.165) is 12.8 Å². The third-order valence-electron chi connectivity index (χ3n) is 3.98. The molecule has 0 saturated heterocycles. The fourth-order valence-corrected chi connectivity index (χ4v) is 2.81. The molecule has 0 aliphatic rings. The lowest BCUT2D eigenvalue weighted by molar-refractivity contribution is 0.102. The van der Waals surface area contributed by atoms with Crippen LogP contribution in [0.2, 0.25) is 5.02 Å². The fraction of sp³-hybridized carbons (Fsp3) is 0.211. The summed E-state index contributed by atoms with van der Waals surface area (Å²) in [6.45, 7) is 2.45. The summed E-state index contributed by atoms with van der Waals surface area (Å²) >= 11 is 5.75. The second-order valence-electron chi connectivity index (χ2n) is 5.86. The van der Waals surface area contributed by atoms with Crippen molar-refractivity contribution in [1.29, 1.82) is 0 Å². The van der Waals surface area contributed by atoms with Gasteiger partial charge in [-0.1, -0.05) is 43.1 Å². The topological polar surface area (TPSA) is 64.0 Å². The Morgan fingerprint density at radius 3 is 2.65 bits per heavy atom. The van der Waals surface area contributed by atoms with Crippen molar-refractivity contribution in [2.75, 3.05) is 5.32 Å². The van der Waals surface area contributed by atoms with Crippen molar-refractivity contribution in [2.24, 2.45) is 0 Å². The van der Waals surface area contributed by atoms with E-state index < -0.39 is 11.7 Å². The van der Waals surface area contributed by atoms with Crippen LogP contribution in [0.15, 0.2) is 47.3 Å². The van der Waals surface area contributed by atoms with E-state index in [1.807, 2.05) is 6.92 Å². The Kier molecular flexibility index (Phi) is 5.32. The normalized spacial score (nSPS) is 10.9. The van der Waals surface area contributed by atoms with E-state index in [9.17, 15) is 14.0 Å². The SMILES string of the molecule is CCCCn1nc(C(=O)Nc2ccc(F)c(Cl)c2)c2ccccc2c1=O. The molecule has 1 amide bonds. The quantitative estimate of drug-likeness (QED) is 0.727. The van der Waals surface area contributed by atoms with Crippen LogP contribution >= 0.6 is 11.6 Å². The first-order chi connectivity index (χ1) is 12.5. The number of nitrogens with zero attached hydrogens (tertiary/aromatic N) is 2. The largest absolute Gasteiger partial charge is 0.321 e. The van der Waals surface area contributed by atoms with Gasteiger partial charge in [0.25, 0.3) is 11.5 Å². The zero-order valence-electron chi connectivity index (χ0n) is 14.1. The van der Waals surface area contributed by atoms with E-state index in [4.69, 9.17) is 11.6 Å². The molecular formula is C19H17ClFN3O2. The molecule has 0 fully saturated rings. The number of carbonyl (C=O) groups excluding carboxylic acids is 1. The lowest BCUT2D eigenvalue weighted by Crippen LogP contribution is -2.27. The minimum atomic E-state index is -0.568. The number of carbonyl (C=O) groups is 1. The van der Waals surface area contributed by atoms with Crippen LogP contribution in [0.5, 0.6) is 0 Å². The monoisotopic (exact) mass is 373 g/mol. The zero-order valence-corrected chi connectivity index (χ0v) is 14.9. The Balaban J connectivity index is 2.04. The van der Waals surface area contributed by atoms with Gasteiger partial charge < -0.3 is 5.32 Å². The molecule has 26 heavy (non-hydrogen) atoms. The minimum absolute atomic E-state index is 0.0893. The van der Waals surface area contributed by atoms with Crippen LogP contribution in [0.1, 0.15) is 30.3 Å². The highest BCUT2D eigenvalue weighted by Gasteiger charge is 2.17. The maximum absolute atomic E-state index is 13.3. The lowest BCUT2D eigenvalue weighted by atomic mass is 10.1. The molecule has 0 unspecified atom stereocenters. The van der Waals surface area contributed by atoms with E-state index in [1.165, 1.54) is 22.9 Å². The number of amides is 1. The Labute approximate surface area is 154 Å². The summed E-state index contributed by atoms with van der Waals surface area (Å²) in [4.78, 5) is 25.3. The summed E-state index contributed by atoms with van der Waals surface area (Å²) in [6.07, 6.45) is 1.68. The molecule has 2 aromatic carbocycles. The van der Waals surface area contributed by atoms with E-state index >= 15 is 0 Å². The molecule has 0 atom stereocenters. The van der Waals surface area contributed by atoms with E-state index in [2.05, 4.69) is 10.4 Å².